The van der Waals surface area contributed by atoms with Gasteiger partial charge in [-0.25, -0.2) is 8.42 Å². The lowest BCUT2D eigenvalue weighted by molar-refractivity contribution is 0.281. The van der Waals surface area contributed by atoms with E-state index in [4.69, 9.17) is 0 Å². The lowest BCUT2D eigenvalue weighted by atomic mass is 9.99. The van der Waals surface area contributed by atoms with Gasteiger partial charge in [0.2, 0.25) is 10.0 Å². The van der Waals surface area contributed by atoms with E-state index in [0.717, 1.165) is 22.3 Å². The van der Waals surface area contributed by atoms with Crippen molar-refractivity contribution >= 4 is 10.0 Å². The summed E-state index contributed by atoms with van der Waals surface area (Å²) in [7, 11) is -3.45. The molecule has 2 aromatic carbocycles. The highest BCUT2D eigenvalue weighted by atomic mass is 32.2. The summed E-state index contributed by atoms with van der Waals surface area (Å²) in [5, 5.41) is 9.19. The number of sulfonamides is 1. The summed E-state index contributed by atoms with van der Waals surface area (Å²) in [6.45, 7) is 2.81. The van der Waals surface area contributed by atoms with Gasteiger partial charge < -0.3 is 5.11 Å². The van der Waals surface area contributed by atoms with E-state index in [1.165, 1.54) is 4.31 Å². The summed E-state index contributed by atoms with van der Waals surface area (Å²) in [4.78, 5) is 0.341. The van der Waals surface area contributed by atoms with Crippen LogP contribution >= 0.6 is 0 Å². The van der Waals surface area contributed by atoms with Crippen molar-refractivity contribution in [1.29, 1.82) is 0 Å². The maximum absolute atomic E-state index is 12.7. The molecule has 22 heavy (non-hydrogen) atoms. The first-order chi connectivity index (χ1) is 10.5. The first kappa shape index (κ1) is 15.2. The zero-order valence-electron chi connectivity index (χ0n) is 12.5. The molecule has 116 valence electrons. The van der Waals surface area contributed by atoms with E-state index in [1.807, 2.05) is 37.3 Å². The third-order valence-electron chi connectivity index (χ3n) is 4.09. The van der Waals surface area contributed by atoms with Gasteiger partial charge in [-0.15, -0.1) is 0 Å². The van der Waals surface area contributed by atoms with E-state index in [1.54, 1.807) is 12.1 Å². The lowest BCUT2D eigenvalue weighted by Crippen LogP contribution is -2.36. The van der Waals surface area contributed by atoms with Crippen molar-refractivity contribution in [1.82, 2.24) is 4.31 Å². The monoisotopic (exact) mass is 317 g/mol. The third kappa shape index (κ3) is 2.79. The smallest absolute Gasteiger partial charge is 0.243 e. The second kappa shape index (κ2) is 5.83. The van der Waals surface area contributed by atoms with E-state index in [-0.39, 0.29) is 6.61 Å². The Bertz CT molecular complexity index is 782. The second-order valence-corrected chi connectivity index (χ2v) is 7.60. The molecule has 0 atom stereocenters. The molecule has 0 saturated carbocycles. The Morgan fingerprint density at radius 3 is 2.50 bits per heavy atom. The minimum Gasteiger partial charge on any atom is -0.392 e. The van der Waals surface area contributed by atoms with Crippen molar-refractivity contribution < 1.29 is 13.5 Å². The number of benzene rings is 2. The largest absolute Gasteiger partial charge is 0.392 e. The van der Waals surface area contributed by atoms with Gasteiger partial charge in [-0.2, -0.15) is 4.31 Å². The van der Waals surface area contributed by atoms with Crippen LogP contribution in [0.2, 0.25) is 0 Å². The topological polar surface area (TPSA) is 57.6 Å². The molecular weight excluding hydrogens is 298 g/mol. The zero-order valence-corrected chi connectivity index (χ0v) is 13.3. The minimum atomic E-state index is -3.45. The van der Waals surface area contributed by atoms with Gasteiger partial charge in [-0.3, -0.25) is 0 Å². The maximum Gasteiger partial charge on any atom is 0.243 e. The van der Waals surface area contributed by atoms with E-state index in [9.17, 15) is 13.5 Å². The Kier molecular flexibility index (Phi) is 4.04. The van der Waals surface area contributed by atoms with Crippen LogP contribution in [0, 0.1) is 6.92 Å². The van der Waals surface area contributed by atoms with Crippen molar-refractivity contribution in [2.24, 2.45) is 0 Å². The Morgan fingerprint density at radius 1 is 1.09 bits per heavy atom. The fourth-order valence-electron chi connectivity index (χ4n) is 2.74. The van der Waals surface area contributed by atoms with Gasteiger partial charge in [-0.1, -0.05) is 35.9 Å². The zero-order chi connectivity index (χ0) is 15.7. The van der Waals surface area contributed by atoms with Gasteiger partial charge in [-0.05, 0) is 42.2 Å². The highest BCUT2D eigenvalue weighted by Crippen LogP contribution is 2.26. The summed E-state index contributed by atoms with van der Waals surface area (Å²) in [5.41, 5.74) is 4.05. The molecule has 1 N–H and O–H groups in total. The molecule has 0 aliphatic carbocycles. The van der Waals surface area contributed by atoms with Crippen LogP contribution in [0.4, 0.5) is 0 Å². The molecule has 2 aromatic rings. The van der Waals surface area contributed by atoms with Crippen LogP contribution in [0.5, 0.6) is 0 Å². The Labute approximate surface area is 131 Å². The maximum atomic E-state index is 12.7. The Morgan fingerprint density at radius 2 is 1.82 bits per heavy atom. The molecular formula is C17H19NO3S. The van der Waals surface area contributed by atoms with Crippen LogP contribution in [0.3, 0.4) is 0 Å². The van der Waals surface area contributed by atoms with Crippen LogP contribution in [0.1, 0.15) is 22.3 Å². The molecule has 0 radical (unpaired) electrons. The molecule has 0 fully saturated rings. The highest BCUT2D eigenvalue weighted by molar-refractivity contribution is 7.89. The number of nitrogens with zero attached hydrogens (tertiary/aromatic N) is 1. The summed E-state index contributed by atoms with van der Waals surface area (Å²) >= 11 is 0. The molecule has 0 unspecified atom stereocenters. The first-order valence-corrected chi connectivity index (χ1v) is 8.73. The van der Waals surface area contributed by atoms with Gasteiger partial charge in [0.05, 0.1) is 11.5 Å². The summed E-state index contributed by atoms with van der Waals surface area (Å²) < 4.78 is 27.0. The third-order valence-corrected chi connectivity index (χ3v) is 5.95. The van der Waals surface area contributed by atoms with Crippen molar-refractivity contribution in [3.8, 4) is 0 Å². The number of hydrogen-bond donors (Lipinski definition) is 1. The van der Waals surface area contributed by atoms with E-state index >= 15 is 0 Å². The Hall–Kier alpha value is -1.69. The summed E-state index contributed by atoms with van der Waals surface area (Å²) in [6, 6.07) is 12.7. The normalized spacial score (nSPS) is 15.5. The van der Waals surface area contributed by atoms with Crippen molar-refractivity contribution in [2.45, 2.75) is 31.4 Å². The van der Waals surface area contributed by atoms with Crippen LogP contribution in [-0.4, -0.2) is 24.4 Å². The van der Waals surface area contributed by atoms with E-state index in [0.29, 0.717) is 24.4 Å². The fourth-order valence-corrected chi connectivity index (χ4v) is 4.16. The molecule has 0 saturated heterocycles. The number of aliphatic hydroxyl groups excluding tert-OH is 1. The standard InChI is InChI=1S/C17H19NO3S/c1-13-2-6-17(7-3-13)22(20,21)18-9-8-15-10-14(12-19)4-5-16(15)11-18/h2-7,10,19H,8-9,11-12H2,1H3. The highest BCUT2D eigenvalue weighted by Gasteiger charge is 2.28. The van der Waals surface area contributed by atoms with Gasteiger partial charge in [0.15, 0.2) is 0 Å². The van der Waals surface area contributed by atoms with E-state index < -0.39 is 10.0 Å². The molecule has 5 heteroatoms. The van der Waals surface area contributed by atoms with Crippen LogP contribution < -0.4 is 0 Å². The van der Waals surface area contributed by atoms with Crippen LogP contribution in [-0.2, 0) is 29.6 Å². The van der Waals surface area contributed by atoms with Gasteiger partial charge >= 0.3 is 0 Å². The summed E-state index contributed by atoms with van der Waals surface area (Å²) in [5.74, 6) is 0. The van der Waals surface area contributed by atoms with Crippen LogP contribution in [0.15, 0.2) is 47.4 Å². The molecule has 1 aliphatic rings. The van der Waals surface area contributed by atoms with Crippen LogP contribution in [0.25, 0.3) is 0 Å². The van der Waals surface area contributed by atoms with Gasteiger partial charge in [0, 0.05) is 13.1 Å². The number of hydrogen-bond acceptors (Lipinski definition) is 3. The first-order valence-electron chi connectivity index (χ1n) is 7.29. The summed E-state index contributed by atoms with van der Waals surface area (Å²) in [6.07, 6.45) is 0.675. The number of aryl methyl sites for hydroxylation is 1. The molecule has 0 spiro atoms. The van der Waals surface area contributed by atoms with Crippen molar-refractivity contribution in [2.75, 3.05) is 6.54 Å². The SMILES string of the molecule is Cc1ccc(S(=O)(=O)N2CCc3cc(CO)ccc3C2)cc1. The van der Waals surface area contributed by atoms with Gasteiger partial charge in [0.1, 0.15) is 0 Å². The van der Waals surface area contributed by atoms with Gasteiger partial charge in [0.25, 0.3) is 0 Å². The average Bonchev–Trinajstić information content (AvgIpc) is 2.54. The number of fused-ring (bicyclic) bond motifs is 1. The quantitative estimate of drug-likeness (QED) is 0.944. The molecule has 0 bridgehead atoms. The average molecular weight is 317 g/mol. The number of aliphatic hydroxyl groups is 1. The van der Waals surface area contributed by atoms with Crippen molar-refractivity contribution in [3.05, 3.63) is 64.7 Å². The fraction of sp³-hybridized carbons (Fsp3) is 0.294. The predicted molar refractivity (Wildman–Crippen MR) is 84.8 cm³/mol. The molecule has 0 aromatic heterocycles. The second-order valence-electron chi connectivity index (χ2n) is 5.66. The van der Waals surface area contributed by atoms with E-state index in [2.05, 4.69) is 0 Å². The van der Waals surface area contributed by atoms with Crippen molar-refractivity contribution in [3.63, 3.8) is 0 Å². The molecule has 1 aliphatic heterocycles. The predicted octanol–water partition coefficient (Wildman–Crippen LogP) is 2.23. The minimum absolute atomic E-state index is 0.0126. The molecule has 4 nitrogen and oxygen atoms in total. The Balaban J connectivity index is 1.89. The molecule has 1 heterocycles. The molecule has 0 amide bonds. The molecule has 3 rings (SSSR count). The lowest BCUT2D eigenvalue weighted by Gasteiger charge is -2.28. The number of rotatable bonds is 3.